The van der Waals surface area contributed by atoms with Crippen molar-refractivity contribution in [2.75, 3.05) is 27.3 Å². The Bertz CT molecular complexity index is 427. The Hall–Kier alpha value is -0.890. The number of H-pyrrole nitrogens is 1. The van der Waals surface area contributed by atoms with E-state index in [0.717, 1.165) is 0 Å². The molecule has 0 saturated carbocycles. The topological polar surface area (TPSA) is 88.4 Å². The molecule has 0 aromatic carbocycles. The molecule has 0 aliphatic carbocycles. The molecule has 92 valence electrons. The van der Waals surface area contributed by atoms with E-state index in [1.54, 1.807) is 6.07 Å². The van der Waals surface area contributed by atoms with E-state index in [-0.39, 0.29) is 11.4 Å². The Balaban J connectivity index is 2.84. The van der Waals surface area contributed by atoms with Crippen LogP contribution >= 0.6 is 0 Å². The first-order valence-electron chi connectivity index (χ1n) is 4.85. The van der Waals surface area contributed by atoms with Gasteiger partial charge in [0.1, 0.15) is 0 Å². The minimum atomic E-state index is -3.43. The number of aromatic amines is 1. The average molecular weight is 247 g/mol. The Morgan fingerprint density at radius 2 is 2.25 bits per heavy atom. The lowest BCUT2D eigenvalue weighted by Crippen LogP contribution is -2.29. The maximum Gasteiger partial charge on any atom is 0.244 e. The molecule has 1 heterocycles. The van der Waals surface area contributed by atoms with Crippen LogP contribution < -0.4 is 5.73 Å². The van der Waals surface area contributed by atoms with Gasteiger partial charge in [0.25, 0.3) is 0 Å². The Morgan fingerprint density at radius 1 is 1.56 bits per heavy atom. The Kier molecular flexibility index (Phi) is 4.48. The monoisotopic (exact) mass is 247 g/mol. The third-order valence-corrected chi connectivity index (χ3v) is 4.09. The van der Waals surface area contributed by atoms with Crippen molar-refractivity contribution in [2.24, 2.45) is 5.73 Å². The molecule has 6 nitrogen and oxygen atoms in total. The molecule has 0 aliphatic rings. The molecule has 1 rings (SSSR count). The highest BCUT2D eigenvalue weighted by Crippen LogP contribution is 2.14. The smallest absolute Gasteiger partial charge is 0.244 e. The summed E-state index contributed by atoms with van der Waals surface area (Å²) in [7, 11) is -0.386. The predicted molar refractivity (Wildman–Crippen MR) is 60.4 cm³/mol. The summed E-state index contributed by atoms with van der Waals surface area (Å²) >= 11 is 0. The molecule has 0 bridgehead atoms. The molecular weight excluding hydrogens is 230 g/mol. The Labute approximate surface area is 95.4 Å². The zero-order chi connectivity index (χ0) is 12.2. The standard InChI is InChI=1S/C9H17N3O3S/c1-12(3-4-15-2)16(13,14)9-5-8(6-10)11-7-9/h5,7,11H,3-4,6,10H2,1-2H3. The van der Waals surface area contributed by atoms with E-state index in [0.29, 0.717) is 18.8 Å². The van der Waals surface area contributed by atoms with Crippen molar-refractivity contribution in [3.05, 3.63) is 18.0 Å². The fourth-order valence-corrected chi connectivity index (χ4v) is 2.38. The highest BCUT2D eigenvalue weighted by Gasteiger charge is 2.21. The van der Waals surface area contributed by atoms with E-state index in [9.17, 15) is 8.42 Å². The third kappa shape index (κ3) is 2.82. The highest BCUT2D eigenvalue weighted by molar-refractivity contribution is 7.89. The summed E-state index contributed by atoms with van der Waals surface area (Å²) < 4.78 is 30.0. The van der Waals surface area contributed by atoms with Crippen molar-refractivity contribution in [2.45, 2.75) is 11.4 Å². The summed E-state index contributed by atoms with van der Waals surface area (Å²) in [5.74, 6) is 0. The van der Waals surface area contributed by atoms with Gasteiger partial charge in [-0.2, -0.15) is 4.31 Å². The number of aromatic nitrogens is 1. The maximum absolute atomic E-state index is 12.0. The first-order chi connectivity index (χ1) is 7.52. The molecule has 1 aromatic heterocycles. The summed E-state index contributed by atoms with van der Waals surface area (Å²) in [5.41, 5.74) is 6.10. The Morgan fingerprint density at radius 3 is 2.75 bits per heavy atom. The van der Waals surface area contributed by atoms with Gasteiger partial charge in [-0.15, -0.1) is 0 Å². The highest BCUT2D eigenvalue weighted by atomic mass is 32.2. The lowest BCUT2D eigenvalue weighted by atomic mass is 10.4. The summed E-state index contributed by atoms with van der Waals surface area (Å²) in [6.07, 6.45) is 1.45. The minimum absolute atomic E-state index is 0.228. The maximum atomic E-state index is 12.0. The fourth-order valence-electron chi connectivity index (χ4n) is 1.21. The second-order valence-electron chi connectivity index (χ2n) is 3.38. The van der Waals surface area contributed by atoms with Gasteiger partial charge in [-0.25, -0.2) is 8.42 Å². The first kappa shape index (κ1) is 13.2. The van der Waals surface area contributed by atoms with E-state index < -0.39 is 10.0 Å². The number of nitrogens with one attached hydrogen (secondary N) is 1. The van der Waals surface area contributed by atoms with Gasteiger partial charge in [-0.3, -0.25) is 0 Å². The quantitative estimate of drug-likeness (QED) is 0.725. The summed E-state index contributed by atoms with van der Waals surface area (Å²) in [6.45, 7) is 0.975. The van der Waals surface area contributed by atoms with E-state index >= 15 is 0 Å². The average Bonchev–Trinajstić information content (AvgIpc) is 2.74. The van der Waals surface area contributed by atoms with Crippen LogP contribution in [0.2, 0.25) is 0 Å². The van der Waals surface area contributed by atoms with Gasteiger partial charge in [0.2, 0.25) is 10.0 Å². The molecule has 0 spiro atoms. The largest absolute Gasteiger partial charge is 0.383 e. The zero-order valence-electron chi connectivity index (χ0n) is 9.43. The van der Waals surface area contributed by atoms with Crippen molar-refractivity contribution in [3.63, 3.8) is 0 Å². The van der Waals surface area contributed by atoms with E-state index in [2.05, 4.69) is 4.98 Å². The van der Waals surface area contributed by atoms with Crippen molar-refractivity contribution in [3.8, 4) is 0 Å². The predicted octanol–water partition coefficient (Wildman–Crippen LogP) is -0.260. The molecule has 16 heavy (non-hydrogen) atoms. The van der Waals surface area contributed by atoms with E-state index in [1.165, 1.54) is 24.7 Å². The van der Waals surface area contributed by atoms with E-state index in [1.807, 2.05) is 0 Å². The lowest BCUT2D eigenvalue weighted by Gasteiger charge is -2.15. The molecule has 0 fully saturated rings. The number of rotatable bonds is 6. The van der Waals surface area contributed by atoms with Gasteiger partial charge >= 0.3 is 0 Å². The van der Waals surface area contributed by atoms with Gasteiger partial charge in [-0.1, -0.05) is 0 Å². The number of ether oxygens (including phenoxy) is 1. The van der Waals surface area contributed by atoms with Crippen LogP contribution in [-0.2, 0) is 21.3 Å². The van der Waals surface area contributed by atoms with Gasteiger partial charge in [0.05, 0.1) is 11.5 Å². The number of nitrogens with two attached hydrogens (primary N) is 1. The van der Waals surface area contributed by atoms with Gasteiger partial charge in [-0.05, 0) is 6.07 Å². The molecule has 0 saturated heterocycles. The van der Waals surface area contributed by atoms with Crippen LogP contribution in [0.4, 0.5) is 0 Å². The molecule has 0 aliphatic heterocycles. The zero-order valence-corrected chi connectivity index (χ0v) is 10.3. The SMILES string of the molecule is COCCN(C)S(=O)(=O)c1c[nH]c(CN)c1. The van der Waals surface area contributed by atoms with E-state index in [4.69, 9.17) is 10.5 Å². The second-order valence-corrected chi connectivity index (χ2v) is 5.43. The molecular formula is C9H17N3O3S. The van der Waals surface area contributed by atoms with Crippen LogP contribution in [0.5, 0.6) is 0 Å². The first-order valence-corrected chi connectivity index (χ1v) is 6.29. The molecule has 0 radical (unpaired) electrons. The van der Waals surface area contributed by atoms with Crippen molar-refractivity contribution >= 4 is 10.0 Å². The van der Waals surface area contributed by atoms with Crippen LogP contribution in [0.25, 0.3) is 0 Å². The van der Waals surface area contributed by atoms with Crippen LogP contribution in [-0.4, -0.2) is 45.0 Å². The summed E-state index contributed by atoms with van der Waals surface area (Å²) in [4.78, 5) is 3.04. The molecule has 0 atom stereocenters. The number of methoxy groups -OCH3 is 1. The summed E-state index contributed by atoms with van der Waals surface area (Å²) in [6, 6.07) is 1.54. The van der Waals surface area contributed by atoms with Gasteiger partial charge in [0.15, 0.2) is 0 Å². The van der Waals surface area contributed by atoms with Crippen molar-refractivity contribution in [1.29, 1.82) is 0 Å². The van der Waals surface area contributed by atoms with Crippen LogP contribution in [0.15, 0.2) is 17.2 Å². The number of hydrogen-bond donors (Lipinski definition) is 2. The lowest BCUT2D eigenvalue weighted by molar-refractivity contribution is 0.185. The third-order valence-electron chi connectivity index (χ3n) is 2.25. The number of hydrogen-bond acceptors (Lipinski definition) is 4. The summed E-state index contributed by atoms with van der Waals surface area (Å²) in [5, 5.41) is 0. The van der Waals surface area contributed by atoms with Crippen LogP contribution in [0.1, 0.15) is 5.69 Å². The number of nitrogens with zero attached hydrogens (tertiary/aromatic N) is 1. The van der Waals surface area contributed by atoms with Crippen molar-refractivity contribution < 1.29 is 13.2 Å². The number of sulfonamides is 1. The van der Waals surface area contributed by atoms with Crippen LogP contribution in [0, 0.1) is 0 Å². The molecule has 0 unspecified atom stereocenters. The fraction of sp³-hybridized carbons (Fsp3) is 0.556. The molecule has 7 heteroatoms. The van der Waals surface area contributed by atoms with Gasteiger partial charge < -0.3 is 15.5 Å². The van der Waals surface area contributed by atoms with Crippen LogP contribution in [0.3, 0.4) is 0 Å². The minimum Gasteiger partial charge on any atom is -0.383 e. The molecule has 0 amide bonds. The van der Waals surface area contributed by atoms with Gasteiger partial charge in [0, 0.05) is 39.1 Å². The second kappa shape index (κ2) is 5.44. The van der Waals surface area contributed by atoms with Crippen molar-refractivity contribution in [1.82, 2.24) is 9.29 Å². The molecule has 3 N–H and O–H groups in total. The number of likely N-dealkylation sites (N-methyl/N-ethyl adjacent to an activating group) is 1. The molecule has 1 aromatic rings. The normalized spacial score (nSPS) is 12.2.